The molecule has 0 saturated carbocycles. The van der Waals surface area contributed by atoms with Gasteiger partial charge in [-0.2, -0.15) is 0 Å². The van der Waals surface area contributed by atoms with Crippen LogP contribution in [0.15, 0.2) is 36.9 Å². The van der Waals surface area contributed by atoms with Crippen molar-refractivity contribution >= 4 is 17.8 Å². The van der Waals surface area contributed by atoms with Crippen LogP contribution in [0.25, 0.3) is 0 Å². The minimum Gasteiger partial charge on any atom is -0.467 e. The monoisotopic (exact) mass is 305 g/mol. The highest BCUT2D eigenvalue weighted by atomic mass is 16.5. The molecule has 0 spiro atoms. The maximum atomic E-state index is 12.2. The number of benzene rings is 1. The Balaban J connectivity index is 2.87. The Morgan fingerprint density at radius 1 is 1.23 bits per heavy atom. The predicted molar refractivity (Wildman–Crippen MR) is 80.5 cm³/mol. The van der Waals surface area contributed by atoms with Gasteiger partial charge in [0.25, 0.3) is 5.91 Å². The molecule has 118 valence electrons. The smallest absolute Gasteiger partial charge is 0.337 e. The standard InChI is InChI=1S/C16H19NO5/c1-4-5-9-13(16(20)22-3)17-14(18)11-7-6-8-12(10-11)15(19)21-2/h4,6-8,10,13H,1,5,9H2,2-3H3,(H,17,18)/t13-/m1/s1. The van der Waals surface area contributed by atoms with Crippen LogP contribution in [0, 0.1) is 0 Å². The lowest BCUT2D eigenvalue weighted by molar-refractivity contribution is -0.143. The third-order valence-electron chi connectivity index (χ3n) is 3.00. The Bertz CT molecular complexity index is 567. The molecule has 6 nitrogen and oxygen atoms in total. The summed E-state index contributed by atoms with van der Waals surface area (Å²) in [5.74, 6) is -1.53. The Hall–Kier alpha value is -2.63. The van der Waals surface area contributed by atoms with E-state index in [-0.39, 0.29) is 11.1 Å². The van der Waals surface area contributed by atoms with Gasteiger partial charge in [0.1, 0.15) is 6.04 Å². The van der Waals surface area contributed by atoms with E-state index in [1.807, 2.05) is 0 Å². The van der Waals surface area contributed by atoms with E-state index in [1.165, 1.54) is 26.4 Å². The number of rotatable bonds is 7. The van der Waals surface area contributed by atoms with E-state index in [9.17, 15) is 14.4 Å². The van der Waals surface area contributed by atoms with Crippen molar-refractivity contribution in [2.45, 2.75) is 18.9 Å². The second-order valence-electron chi connectivity index (χ2n) is 4.49. The predicted octanol–water partition coefficient (Wildman–Crippen LogP) is 1.71. The number of hydrogen-bond acceptors (Lipinski definition) is 5. The van der Waals surface area contributed by atoms with Gasteiger partial charge in [0.05, 0.1) is 19.8 Å². The van der Waals surface area contributed by atoms with Crippen molar-refractivity contribution in [3.8, 4) is 0 Å². The van der Waals surface area contributed by atoms with Crippen LogP contribution >= 0.6 is 0 Å². The Kier molecular flexibility index (Phi) is 6.82. The lowest BCUT2D eigenvalue weighted by atomic mass is 10.1. The number of carbonyl (C=O) groups is 3. The lowest BCUT2D eigenvalue weighted by Crippen LogP contribution is -2.41. The third kappa shape index (κ3) is 4.73. The molecule has 22 heavy (non-hydrogen) atoms. The van der Waals surface area contributed by atoms with Crippen LogP contribution in [0.5, 0.6) is 0 Å². The van der Waals surface area contributed by atoms with Gasteiger partial charge in [-0.1, -0.05) is 12.1 Å². The van der Waals surface area contributed by atoms with Gasteiger partial charge in [0.2, 0.25) is 0 Å². The molecule has 0 saturated heterocycles. The number of esters is 2. The molecule has 6 heteroatoms. The van der Waals surface area contributed by atoms with Crippen LogP contribution in [0.3, 0.4) is 0 Å². The maximum Gasteiger partial charge on any atom is 0.337 e. The van der Waals surface area contributed by atoms with Crippen molar-refractivity contribution in [2.24, 2.45) is 0 Å². The van der Waals surface area contributed by atoms with E-state index < -0.39 is 23.9 Å². The summed E-state index contributed by atoms with van der Waals surface area (Å²) >= 11 is 0. The number of methoxy groups -OCH3 is 2. The van der Waals surface area contributed by atoms with E-state index >= 15 is 0 Å². The van der Waals surface area contributed by atoms with Crippen molar-refractivity contribution in [3.05, 3.63) is 48.0 Å². The molecule has 1 N–H and O–H groups in total. The zero-order chi connectivity index (χ0) is 16.5. The van der Waals surface area contributed by atoms with E-state index in [1.54, 1.807) is 18.2 Å². The fraction of sp³-hybridized carbons (Fsp3) is 0.312. The van der Waals surface area contributed by atoms with E-state index in [4.69, 9.17) is 0 Å². The van der Waals surface area contributed by atoms with Gasteiger partial charge in [0, 0.05) is 5.56 Å². The molecule has 0 unspecified atom stereocenters. The second-order valence-corrected chi connectivity index (χ2v) is 4.49. The molecule has 1 rings (SSSR count). The van der Waals surface area contributed by atoms with Crippen LogP contribution in [0.4, 0.5) is 0 Å². The Labute approximate surface area is 129 Å². The minimum atomic E-state index is -0.766. The summed E-state index contributed by atoms with van der Waals surface area (Å²) in [6, 6.07) is 5.29. The molecule has 1 atom stereocenters. The summed E-state index contributed by atoms with van der Waals surface area (Å²) < 4.78 is 9.27. The zero-order valence-electron chi connectivity index (χ0n) is 12.6. The van der Waals surface area contributed by atoms with Crippen LogP contribution in [-0.4, -0.2) is 38.1 Å². The highest BCUT2D eigenvalue weighted by Crippen LogP contribution is 2.08. The largest absolute Gasteiger partial charge is 0.467 e. The van der Waals surface area contributed by atoms with Gasteiger partial charge in [-0.05, 0) is 31.0 Å². The first kappa shape index (κ1) is 17.4. The normalized spacial score (nSPS) is 11.2. The molecule has 1 amide bonds. The third-order valence-corrected chi connectivity index (χ3v) is 3.00. The first-order valence-electron chi connectivity index (χ1n) is 6.71. The summed E-state index contributed by atoms with van der Waals surface area (Å²) in [5.41, 5.74) is 0.520. The molecular formula is C16H19NO5. The molecule has 0 fully saturated rings. The van der Waals surface area contributed by atoms with Crippen LogP contribution in [-0.2, 0) is 14.3 Å². The molecule has 0 aliphatic heterocycles. The number of allylic oxidation sites excluding steroid dienone is 1. The number of amides is 1. The quantitative estimate of drug-likeness (QED) is 0.612. The molecule has 1 aromatic rings. The van der Waals surface area contributed by atoms with Gasteiger partial charge in [-0.15, -0.1) is 6.58 Å². The highest BCUT2D eigenvalue weighted by Gasteiger charge is 2.21. The molecule has 0 bridgehead atoms. The van der Waals surface area contributed by atoms with Crippen molar-refractivity contribution in [2.75, 3.05) is 14.2 Å². The molecule has 0 heterocycles. The van der Waals surface area contributed by atoms with E-state index in [0.29, 0.717) is 12.8 Å². The summed E-state index contributed by atoms with van der Waals surface area (Å²) in [6.07, 6.45) is 2.60. The Morgan fingerprint density at radius 3 is 2.50 bits per heavy atom. The highest BCUT2D eigenvalue weighted by molar-refractivity contribution is 5.99. The van der Waals surface area contributed by atoms with Crippen LogP contribution in [0.1, 0.15) is 33.6 Å². The zero-order valence-corrected chi connectivity index (χ0v) is 12.6. The molecule has 0 radical (unpaired) electrons. The van der Waals surface area contributed by atoms with Gasteiger partial charge in [-0.3, -0.25) is 4.79 Å². The average Bonchev–Trinajstić information content (AvgIpc) is 2.56. The van der Waals surface area contributed by atoms with Crippen molar-refractivity contribution in [1.82, 2.24) is 5.32 Å². The fourth-order valence-corrected chi connectivity index (χ4v) is 1.82. The van der Waals surface area contributed by atoms with Gasteiger partial charge in [0.15, 0.2) is 0 Å². The molecule has 0 aromatic heterocycles. The maximum absolute atomic E-state index is 12.2. The first-order chi connectivity index (χ1) is 10.5. The first-order valence-corrected chi connectivity index (χ1v) is 6.71. The van der Waals surface area contributed by atoms with Gasteiger partial charge >= 0.3 is 11.9 Å². The van der Waals surface area contributed by atoms with Gasteiger partial charge < -0.3 is 14.8 Å². The lowest BCUT2D eigenvalue weighted by Gasteiger charge is -2.16. The SMILES string of the molecule is C=CCC[C@@H](NC(=O)c1cccc(C(=O)OC)c1)C(=O)OC. The molecule has 1 aromatic carbocycles. The van der Waals surface area contributed by atoms with Crippen LogP contribution < -0.4 is 5.32 Å². The molecule has 0 aliphatic rings. The summed E-state index contributed by atoms with van der Waals surface area (Å²) in [5, 5.41) is 2.59. The van der Waals surface area contributed by atoms with Crippen LogP contribution in [0.2, 0.25) is 0 Å². The van der Waals surface area contributed by atoms with Gasteiger partial charge in [-0.25, -0.2) is 9.59 Å². The van der Waals surface area contributed by atoms with Crippen molar-refractivity contribution in [1.29, 1.82) is 0 Å². The van der Waals surface area contributed by atoms with E-state index in [0.717, 1.165) is 0 Å². The summed E-state index contributed by atoms with van der Waals surface area (Å²) in [4.78, 5) is 35.3. The van der Waals surface area contributed by atoms with Crippen molar-refractivity contribution < 1.29 is 23.9 Å². The van der Waals surface area contributed by atoms with Crippen molar-refractivity contribution in [3.63, 3.8) is 0 Å². The topological polar surface area (TPSA) is 81.7 Å². The number of hydrogen-bond donors (Lipinski definition) is 1. The number of nitrogens with one attached hydrogen (secondary N) is 1. The molecule has 0 aliphatic carbocycles. The molecular weight excluding hydrogens is 286 g/mol. The summed E-state index contributed by atoms with van der Waals surface area (Å²) in [7, 11) is 2.52. The van der Waals surface area contributed by atoms with E-state index in [2.05, 4.69) is 21.4 Å². The number of ether oxygens (including phenoxy) is 2. The second kappa shape index (κ2) is 8.61. The minimum absolute atomic E-state index is 0.260. The Morgan fingerprint density at radius 2 is 1.91 bits per heavy atom. The average molecular weight is 305 g/mol. The number of carbonyl (C=O) groups excluding carboxylic acids is 3. The fourth-order valence-electron chi connectivity index (χ4n) is 1.82. The summed E-state index contributed by atoms with van der Waals surface area (Å²) in [6.45, 7) is 3.58.